The molecule has 0 radical (unpaired) electrons. The zero-order valence-corrected chi connectivity index (χ0v) is 50.8. The summed E-state index contributed by atoms with van der Waals surface area (Å²) in [7, 11) is 0. The minimum atomic E-state index is -0.650. The molecule has 398 valence electrons. The van der Waals surface area contributed by atoms with Crippen LogP contribution >= 0.6 is 0 Å². The summed E-state index contributed by atoms with van der Waals surface area (Å²) in [5, 5.41) is 8.15. The zero-order chi connectivity index (χ0) is 56.2. The predicted octanol–water partition coefficient (Wildman–Crippen LogP) is 18.3. The number of fused-ring (bicyclic) bond motifs is 15. The van der Waals surface area contributed by atoms with Gasteiger partial charge in [-0.05, 0) is 168 Å². The summed E-state index contributed by atoms with van der Waals surface area (Å²) in [5.74, 6) is 0. The van der Waals surface area contributed by atoms with E-state index in [1.807, 2.05) is 0 Å². The first-order chi connectivity index (χ1) is 37.5. The van der Waals surface area contributed by atoms with Gasteiger partial charge in [-0.2, -0.15) is 0 Å². The second-order valence-corrected chi connectivity index (χ2v) is 31.0. The Balaban J connectivity index is 1.28. The molecule has 0 saturated carbocycles. The van der Waals surface area contributed by atoms with Crippen LogP contribution in [0.3, 0.4) is 0 Å². The molecule has 2 aromatic heterocycles. The summed E-state index contributed by atoms with van der Waals surface area (Å²) in [6.45, 7) is 43.3. The van der Waals surface area contributed by atoms with Gasteiger partial charge in [0.25, 0.3) is 6.71 Å². The first-order valence-electron chi connectivity index (χ1n) is 29.8. The minimum absolute atomic E-state index is 0.0335. The van der Waals surface area contributed by atoms with E-state index in [1.165, 1.54) is 160 Å². The highest BCUT2D eigenvalue weighted by Gasteiger charge is 2.55. The number of hydrogen-bond acceptors (Lipinski definition) is 0. The molecule has 0 bridgehead atoms. The molecule has 1 spiro atoms. The number of rotatable bonds is 1. The first kappa shape index (κ1) is 49.9. The molecule has 4 aliphatic rings. The maximum atomic E-state index is 2.83. The summed E-state index contributed by atoms with van der Waals surface area (Å²) in [6.07, 6.45) is 0. The van der Waals surface area contributed by atoms with Crippen molar-refractivity contribution in [2.45, 2.75) is 163 Å². The van der Waals surface area contributed by atoms with Crippen molar-refractivity contribution >= 4 is 77.5 Å². The smallest absolute Gasteiger partial charge is 0.252 e. The highest BCUT2D eigenvalue weighted by molar-refractivity contribution is 7.00. The lowest BCUT2D eigenvalue weighted by Gasteiger charge is -2.45. The molecular weight excluding hydrogens is 964 g/mol. The fourth-order valence-electron chi connectivity index (χ4n) is 15.7. The fraction of sp³-hybridized carbons (Fsp3) is 0.325. The van der Waals surface area contributed by atoms with Gasteiger partial charge in [0, 0.05) is 43.8 Å². The van der Waals surface area contributed by atoms with Gasteiger partial charge in [0.1, 0.15) is 0 Å². The second kappa shape index (κ2) is 15.3. The Morgan fingerprint density at radius 2 is 0.812 bits per heavy atom. The van der Waals surface area contributed by atoms with Crippen molar-refractivity contribution in [3.63, 3.8) is 0 Å². The lowest BCUT2D eigenvalue weighted by atomic mass is 9.33. The van der Waals surface area contributed by atoms with Crippen molar-refractivity contribution in [2.75, 3.05) is 0 Å². The molecule has 0 atom stereocenters. The van der Waals surface area contributed by atoms with E-state index in [0.29, 0.717) is 0 Å². The molecular formula is C77H77BN2. The molecule has 11 aromatic rings. The molecule has 9 aromatic carbocycles. The summed E-state index contributed by atoms with van der Waals surface area (Å²) in [6, 6.07) is 57.2. The van der Waals surface area contributed by atoms with Gasteiger partial charge < -0.3 is 9.13 Å². The summed E-state index contributed by atoms with van der Waals surface area (Å²) >= 11 is 0. The first-order valence-corrected chi connectivity index (χ1v) is 29.8. The van der Waals surface area contributed by atoms with E-state index in [0.717, 1.165) is 0 Å². The molecule has 3 aliphatic heterocycles. The standard InChI is InChI=1S/C77H77BN2/c1-71(2,3)42-30-33-63-50(34-42)51-36-44(73(7,8)9)39-61-67(51)79(63)69-54(48-26-23-27-49-55(75(13,14)15)31-32-58(64(48)49)76(16,17)18)41-60-70-65(69)78(61)62-40-45(74(10,11)12)37-53-52-35-43(72(4,5)6)38-59(66(52)80(70)68(53)62)77(60)56-28-21-19-24-46(56)47-25-20-22-29-57(47)77/h19-41H,1-18H3. The number of nitrogens with zero attached hydrogens (tertiary/aromatic N) is 2. The third kappa shape index (κ3) is 6.28. The van der Waals surface area contributed by atoms with Gasteiger partial charge in [0.15, 0.2) is 0 Å². The average molecular weight is 1040 g/mol. The van der Waals surface area contributed by atoms with Gasteiger partial charge in [0.05, 0.1) is 22.1 Å². The summed E-state index contributed by atoms with van der Waals surface area (Å²) in [5.41, 5.74) is 30.2. The molecule has 15 rings (SSSR count). The maximum absolute atomic E-state index is 2.83. The van der Waals surface area contributed by atoms with E-state index in [1.54, 1.807) is 0 Å². The molecule has 0 N–H and O–H groups in total. The van der Waals surface area contributed by atoms with Crippen LogP contribution in [0.15, 0.2) is 140 Å². The fourth-order valence-corrected chi connectivity index (χ4v) is 15.7. The molecule has 3 heteroatoms. The average Bonchev–Trinajstić information content (AvgIpc) is 1.47. The molecule has 0 unspecified atom stereocenters. The summed E-state index contributed by atoms with van der Waals surface area (Å²) < 4.78 is 5.62. The number of aromatic nitrogens is 2. The second-order valence-electron chi connectivity index (χ2n) is 31.0. The van der Waals surface area contributed by atoms with Crippen molar-refractivity contribution in [3.8, 4) is 33.6 Å². The van der Waals surface area contributed by atoms with E-state index in [2.05, 4.69) is 273 Å². The van der Waals surface area contributed by atoms with E-state index < -0.39 is 5.41 Å². The van der Waals surface area contributed by atoms with Crippen LogP contribution in [0.5, 0.6) is 0 Å². The lowest BCUT2D eigenvalue weighted by molar-refractivity contribution is 0.585. The Hall–Kier alpha value is -7.10. The Bertz CT molecular complexity index is 4590. The van der Waals surface area contributed by atoms with Crippen LogP contribution < -0.4 is 16.4 Å². The monoisotopic (exact) mass is 1040 g/mol. The number of benzene rings is 9. The van der Waals surface area contributed by atoms with Crippen molar-refractivity contribution in [1.82, 2.24) is 9.13 Å². The van der Waals surface area contributed by atoms with Gasteiger partial charge in [-0.3, -0.25) is 0 Å². The normalized spacial score (nSPS) is 15.2. The Kier molecular flexibility index (Phi) is 9.52. The quantitative estimate of drug-likeness (QED) is 0.145. The lowest BCUT2D eigenvalue weighted by Crippen LogP contribution is -2.61. The van der Waals surface area contributed by atoms with Crippen LogP contribution in [0.2, 0.25) is 0 Å². The van der Waals surface area contributed by atoms with E-state index >= 15 is 0 Å². The van der Waals surface area contributed by atoms with E-state index in [4.69, 9.17) is 0 Å². The maximum Gasteiger partial charge on any atom is 0.252 e. The van der Waals surface area contributed by atoms with Gasteiger partial charge in [-0.25, -0.2) is 0 Å². The zero-order valence-electron chi connectivity index (χ0n) is 50.8. The molecule has 0 fully saturated rings. The van der Waals surface area contributed by atoms with Gasteiger partial charge in [-0.1, -0.05) is 228 Å². The highest BCUT2D eigenvalue weighted by Crippen LogP contribution is 2.63. The molecule has 0 saturated heterocycles. The van der Waals surface area contributed by atoms with Crippen LogP contribution in [-0.4, -0.2) is 15.8 Å². The van der Waals surface area contributed by atoms with Crippen LogP contribution in [-0.2, 0) is 37.9 Å². The summed E-state index contributed by atoms with van der Waals surface area (Å²) in [4.78, 5) is 0. The SMILES string of the molecule is CC(C)(C)c1ccc2c(c1)c1cc(C(C)(C)C)cc3c1n2-c1c(-c2cccc4c(C(C)(C)C)ccc(C(C)(C)C)c24)cc2c4c1B3c1cc(C(C)(C)C)cc3c5cc(C(C)(C)C)cc(c5n-4c13)C21c2ccccc2-c2ccccc21. The third-order valence-corrected chi connectivity index (χ3v) is 19.7. The Morgan fingerprint density at radius 3 is 1.38 bits per heavy atom. The number of hydrogen-bond donors (Lipinski definition) is 0. The molecule has 2 nitrogen and oxygen atoms in total. The van der Waals surface area contributed by atoms with Crippen molar-refractivity contribution in [2.24, 2.45) is 0 Å². The van der Waals surface area contributed by atoms with Crippen molar-refractivity contribution < 1.29 is 0 Å². The van der Waals surface area contributed by atoms with Crippen molar-refractivity contribution in [3.05, 3.63) is 195 Å². The van der Waals surface area contributed by atoms with Gasteiger partial charge >= 0.3 is 0 Å². The molecule has 5 heterocycles. The van der Waals surface area contributed by atoms with Crippen LogP contribution in [0, 0.1) is 0 Å². The Morgan fingerprint density at radius 1 is 0.325 bits per heavy atom. The van der Waals surface area contributed by atoms with Gasteiger partial charge in [-0.15, -0.1) is 0 Å². The molecule has 1 aliphatic carbocycles. The minimum Gasteiger partial charge on any atom is -0.310 e. The van der Waals surface area contributed by atoms with Crippen LogP contribution in [0.1, 0.15) is 180 Å². The predicted molar refractivity (Wildman–Crippen MR) is 346 cm³/mol. The van der Waals surface area contributed by atoms with Crippen molar-refractivity contribution in [1.29, 1.82) is 0 Å². The van der Waals surface area contributed by atoms with E-state index in [9.17, 15) is 0 Å². The Labute approximate surface area is 475 Å². The topological polar surface area (TPSA) is 9.86 Å². The third-order valence-electron chi connectivity index (χ3n) is 19.7. The largest absolute Gasteiger partial charge is 0.310 e. The van der Waals surface area contributed by atoms with E-state index in [-0.39, 0.29) is 39.2 Å². The van der Waals surface area contributed by atoms with Crippen LogP contribution in [0.25, 0.3) is 88.0 Å². The molecule has 0 amide bonds. The van der Waals surface area contributed by atoms with Crippen LogP contribution in [0.4, 0.5) is 0 Å². The van der Waals surface area contributed by atoms with Gasteiger partial charge in [0.2, 0.25) is 0 Å². The molecule has 80 heavy (non-hydrogen) atoms. The highest BCUT2D eigenvalue weighted by atomic mass is 15.1.